The molecular weight excluding hydrogens is 222 g/mol. The third-order valence-corrected chi connectivity index (χ3v) is 3.89. The van der Waals surface area contributed by atoms with Crippen LogP contribution in [0.25, 0.3) is 0 Å². The second-order valence-electron chi connectivity index (χ2n) is 4.17. The molecule has 4 nitrogen and oxygen atoms in total. The minimum Gasteiger partial charge on any atom is -0.351 e. The zero-order valence-electron chi connectivity index (χ0n) is 9.24. The van der Waals surface area contributed by atoms with E-state index in [2.05, 4.69) is 10.3 Å². The lowest BCUT2D eigenvalue weighted by Crippen LogP contribution is -2.27. The molecule has 0 radical (unpaired) electrons. The summed E-state index contributed by atoms with van der Waals surface area (Å²) in [4.78, 5) is 15.8. The van der Waals surface area contributed by atoms with E-state index in [1.807, 2.05) is 0 Å². The Labute approximate surface area is 99.3 Å². The smallest absolute Gasteiger partial charge is 0.270 e. The lowest BCUT2D eigenvalue weighted by atomic mass is 9.83. The average Bonchev–Trinajstić information content (AvgIpc) is 2.69. The van der Waals surface area contributed by atoms with Crippen LogP contribution in [0.2, 0.25) is 0 Å². The van der Waals surface area contributed by atoms with Crippen LogP contribution >= 0.6 is 11.3 Å². The van der Waals surface area contributed by atoms with Crippen molar-refractivity contribution in [3.63, 3.8) is 0 Å². The van der Waals surface area contributed by atoms with Crippen molar-refractivity contribution < 1.29 is 4.79 Å². The highest BCUT2D eigenvalue weighted by molar-refractivity contribution is 7.09. The van der Waals surface area contributed by atoms with Gasteiger partial charge in [-0.05, 0) is 12.3 Å². The summed E-state index contributed by atoms with van der Waals surface area (Å²) in [5.74, 6) is 0.755. The first-order valence-electron chi connectivity index (χ1n) is 5.72. The fourth-order valence-corrected chi connectivity index (χ4v) is 2.43. The van der Waals surface area contributed by atoms with E-state index in [1.165, 1.54) is 30.6 Å². The first kappa shape index (κ1) is 11.5. The fourth-order valence-electron chi connectivity index (χ4n) is 1.77. The van der Waals surface area contributed by atoms with Gasteiger partial charge in [-0.25, -0.2) is 4.98 Å². The van der Waals surface area contributed by atoms with E-state index >= 15 is 0 Å². The molecule has 3 N–H and O–H groups in total. The molecule has 1 aliphatic carbocycles. The molecular formula is C11H17N3OS. The van der Waals surface area contributed by atoms with Crippen molar-refractivity contribution >= 4 is 17.2 Å². The summed E-state index contributed by atoms with van der Waals surface area (Å²) in [5, 5.41) is 5.47. The van der Waals surface area contributed by atoms with Crippen LogP contribution in [0, 0.1) is 5.92 Å². The summed E-state index contributed by atoms with van der Waals surface area (Å²) in [6, 6.07) is 0. The number of thiazole rings is 1. The van der Waals surface area contributed by atoms with Crippen molar-refractivity contribution in [3.05, 3.63) is 16.1 Å². The third kappa shape index (κ3) is 2.80. The van der Waals surface area contributed by atoms with E-state index in [9.17, 15) is 4.79 Å². The summed E-state index contributed by atoms with van der Waals surface area (Å²) in [5.41, 5.74) is 5.94. The van der Waals surface area contributed by atoms with Gasteiger partial charge in [0.05, 0.1) is 0 Å². The Kier molecular flexibility index (Phi) is 3.90. The van der Waals surface area contributed by atoms with Crippen molar-refractivity contribution in [1.29, 1.82) is 0 Å². The second kappa shape index (κ2) is 5.41. The molecule has 1 aliphatic rings. The Morgan fingerprint density at radius 3 is 3.00 bits per heavy atom. The van der Waals surface area contributed by atoms with Gasteiger partial charge in [-0.15, -0.1) is 11.3 Å². The Bertz CT molecular complexity index is 360. The molecule has 2 rings (SSSR count). The van der Waals surface area contributed by atoms with Crippen molar-refractivity contribution in [2.24, 2.45) is 11.7 Å². The van der Waals surface area contributed by atoms with E-state index < -0.39 is 0 Å². The number of nitrogens with one attached hydrogen (secondary N) is 1. The van der Waals surface area contributed by atoms with E-state index in [0.29, 0.717) is 12.2 Å². The van der Waals surface area contributed by atoms with Gasteiger partial charge >= 0.3 is 0 Å². The monoisotopic (exact) mass is 239 g/mol. The largest absolute Gasteiger partial charge is 0.351 e. The third-order valence-electron chi connectivity index (χ3n) is 3.02. The van der Waals surface area contributed by atoms with Crippen LogP contribution in [-0.4, -0.2) is 17.4 Å². The topological polar surface area (TPSA) is 68.0 Å². The Hall–Kier alpha value is -0.940. The quantitative estimate of drug-likeness (QED) is 0.818. The molecule has 1 aromatic rings. The van der Waals surface area contributed by atoms with E-state index in [-0.39, 0.29) is 5.91 Å². The van der Waals surface area contributed by atoms with E-state index in [1.54, 1.807) is 5.38 Å². The zero-order chi connectivity index (χ0) is 11.4. The van der Waals surface area contributed by atoms with Gasteiger partial charge in [-0.1, -0.05) is 19.3 Å². The van der Waals surface area contributed by atoms with Gasteiger partial charge in [0.1, 0.15) is 10.7 Å². The number of hydrogen-bond donors (Lipinski definition) is 2. The summed E-state index contributed by atoms with van der Waals surface area (Å²) in [7, 11) is 0. The summed E-state index contributed by atoms with van der Waals surface area (Å²) in [6.07, 6.45) is 5.10. The van der Waals surface area contributed by atoms with Gasteiger partial charge in [-0.2, -0.15) is 0 Å². The Morgan fingerprint density at radius 2 is 2.44 bits per heavy atom. The van der Waals surface area contributed by atoms with Gasteiger partial charge in [-0.3, -0.25) is 4.79 Å². The van der Waals surface area contributed by atoms with Crippen molar-refractivity contribution in [2.75, 3.05) is 6.54 Å². The summed E-state index contributed by atoms with van der Waals surface area (Å²) in [6.45, 7) is 1.17. The van der Waals surface area contributed by atoms with Crippen LogP contribution in [0.1, 0.15) is 41.2 Å². The molecule has 0 bridgehead atoms. The highest BCUT2D eigenvalue weighted by Gasteiger charge is 2.17. The summed E-state index contributed by atoms with van der Waals surface area (Å²) < 4.78 is 0. The zero-order valence-corrected chi connectivity index (χ0v) is 10.1. The first-order chi connectivity index (χ1) is 7.79. The van der Waals surface area contributed by atoms with Crippen LogP contribution < -0.4 is 11.1 Å². The minimum atomic E-state index is -0.0738. The first-order valence-corrected chi connectivity index (χ1v) is 6.60. The number of carbonyl (C=O) groups excluding carboxylic acids is 1. The van der Waals surface area contributed by atoms with Gasteiger partial charge in [0.2, 0.25) is 0 Å². The van der Waals surface area contributed by atoms with Crippen LogP contribution in [0.5, 0.6) is 0 Å². The molecule has 16 heavy (non-hydrogen) atoms. The number of carbonyl (C=O) groups is 1. The molecule has 0 spiro atoms. The highest BCUT2D eigenvalue weighted by atomic mass is 32.1. The lowest BCUT2D eigenvalue weighted by molar-refractivity contribution is 0.0944. The molecule has 0 saturated heterocycles. The van der Waals surface area contributed by atoms with Crippen LogP contribution in [0.3, 0.4) is 0 Å². The molecule has 0 aliphatic heterocycles. The predicted molar refractivity (Wildman–Crippen MR) is 64.3 cm³/mol. The van der Waals surface area contributed by atoms with Crippen molar-refractivity contribution in [2.45, 2.75) is 32.2 Å². The Balaban J connectivity index is 1.73. The number of nitrogens with zero attached hydrogens (tertiary/aromatic N) is 1. The van der Waals surface area contributed by atoms with Crippen molar-refractivity contribution in [1.82, 2.24) is 10.3 Å². The highest BCUT2D eigenvalue weighted by Crippen LogP contribution is 2.28. The molecule has 1 fully saturated rings. The number of amides is 1. The predicted octanol–water partition coefficient (Wildman–Crippen LogP) is 1.52. The molecule has 1 amide bonds. The SMILES string of the molecule is NCc1nc(C(=O)NCCC2CCC2)cs1. The maximum Gasteiger partial charge on any atom is 0.270 e. The second-order valence-corrected chi connectivity index (χ2v) is 5.11. The normalized spacial score (nSPS) is 15.8. The average molecular weight is 239 g/mol. The minimum absolute atomic E-state index is 0.0738. The van der Waals surface area contributed by atoms with Crippen LogP contribution in [-0.2, 0) is 6.54 Å². The fraction of sp³-hybridized carbons (Fsp3) is 0.636. The maximum absolute atomic E-state index is 11.7. The number of hydrogen-bond acceptors (Lipinski definition) is 4. The lowest BCUT2D eigenvalue weighted by Gasteiger charge is -2.24. The maximum atomic E-state index is 11.7. The van der Waals surface area contributed by atoms with E-state index in [0.717, 1.165) is 23.9 Å². The standard InChI is InChI=1S/C11H17N3OS/c12-6-10-14-9(7-16-10)11(15)13-5-4-8-2-1-3-8/h7-8H,1-6,12H2,(H,13,15). The van der Waals surface area contributed by atoms with Crippen molar-refractivity contribution in [3.8, 4) is 0 Å². The Morgan fingerprint density at radius 1 is 1.62 bits per heavy atom. The van der Waals surface area contributed by atoms with Crippen LogP contribution in [0.15, 0.2) is 5.38 Å². The van der Waals surface area contributed by atoms with Gasteiger partial charge in [0.25, 0.3) is 5.91 Å². The number of nitrogens with two attached hydrogens (primary N) is 1. The number of aromatic nitrogens is 1. The molecule has 1 heterocycles. The molecule has 0 unspecified atom stereocenters. The molecule has 1 saturated carbocycles. The van der Waals surface area contributed by atoms with E-state index in [4.69, 9.17) is 5.73 Å². The molecule has 0 atom stereocenters. The van der Waals surface area contributed by atoms with Gasteiger partial charge in [0.15, 0.2) is 0 Å². The molecule has 0 aromatic carbocycles. The van der Waals surface area contributed by atoms with Gasteiger partial charge in [0, 0.05) is 18.5 Å². The molecule has 5 heteroatoms. The van der Waals surface area contributed by atoms with Gasteiger partial charge < -0.3 is 11.1 Å². The summed E-state index contributed by atoms with van der Waals surface area (Å²) >= 11 is 1.44. The van der Waals surface area contributed by atoms with Crippen LogP contribution in [0.4, 0.5) is 0 Å². The number of rotatable bonds is 5. The molecule has 88 valence electrons. The molecule has 1 aromatic heterocycles.